The Hall–Kier alpha value is -2.09. The third-order valence-electron chi connectivity index (χ3n) is 3.61. The third-order valence-corrected chi connectivity index (χ3v) is 3.61. The molecule has 0 heterocycles. The molecular weight excluding hydrogens is 224 g/mol. The van der Waals surface area contributed by atoms with E-state index in [0.29, 0.717) is 0 Å². The molecule has 2 aromatic carbocycles. The van der Waals surface area contributed by atoms with Crippen LogP contribution in [-0.4, -0.2) is 11.4 Å². The lowest BCUT2D eigenvalue weighted by Crippen LogP contribution is -2.21. The second-order valence-electron chi connectivity index (χ2n) is 5.18. The van der Waals surface area contributed by atoms with E-state index in [4.69, 9.17) is 0 Å². The van der Waals surface area contributed by atoms with Crippen LogP contribution >= 0.6 is 0 Å². The summed E-state index contributed by atoms with van der Waals surface area (Å²) in [6, 6.07) is 9.43. The SMILES string of the molecule is CC1(C=O)C=Cc2c(ccc3cc(O)ccc23)C1. The van der Waals surface area contributed by atoms with Crippen molar-refractivity contribution in [3.63, 3.8) is 0 Å². The summed E-state index contributed by atoms with van der Waals surface area (Å²) < 4.78 is 0. The summed E-state index contributed by atoms with van der Waals surface area (Å²) in [5, 5.41) is 11.6. The number of phenols is 1. The van der Waals surface area contributed by atoms with Crippen LogP contribution < -0.4 is 0 Å². The van der Waals surface area contributed by atoms with Gasteiger partial charge < -0.3 is 9.90 Å². The van der Waals surface area contributed by atoms with Gasteiger partial charge in [-0.25, -0.2) is 0 Å². The standard InChI is InChI=1S/C16H14O2/c1-16(10-17)7-6-15-12(9-16)3-2-11-8-13(18)4-5-14(11)15/h2-8,10,18H,9H2,1H3. The first-order valence-corrected chi connectivity index (χ1v) is 6.01. The summed E-state index contributed by atoms with van der Waals surface area (Å²) in [5.41, 5.74) is 1.95. The van der Waals surface area contributed by atoms with Gasteiger partial charge in [-0.3, -0.25) is 0 Å². The number of carbonyl (C=O) groups excluding carboxylic acids is 1. The Morgan fingerprint density at radius 2 is 2.11 bits per heavy atom. The fraction of sp³-hybridized carbons (Fsp3) is 0.188. The molecule has 90 valence electrons. The Labute approximate surface area is 106 Å². The van der Waals surface area contributed by atoms with Gasteiger partial charge in [-0.2, -0.15) is 0 Å². The number of allylic oxidation sites excluding steroid dienone is 1. The van der Waals surface area contributed by atoms with Crippen LogP contribution in [0.25, 0.3) is 16.8 Å². The van der Waals surface area contributed by atoms with Crippen molar-refractivity contribution in [2.75, 3.05) is 0 Å². The Morgan fingerprint density at radius 3 is 2.89 bits per heavy atom. The molecule has 0 aliphatic heterocycles. The summed E-state index contributed by atoms with van der Waals surface area (Å²) in [7, 11) is 0. The van der Waals surface area contributed by atoms with Gasteiger partial charge in [0.15, 0.2) is 0 Å². The lowest BCUT2D eigenvalue weighted by Gasteiger charge is -2.25. The van der Waals surface area contributed by atoms with E-state index in [1.165, 1.54) is 5.56 Å². The molecule has 0 saturated carbocycles. The quantitative estimate of drug-likeness (QED) is 0.774. The Bertz CT molecular complexity index is 670. The molecule has 1 aliphatic rings. The maximum Gasteiger partial charge on any atom is 0.129 e. The van der Waals surface area contributed by atoms with Gasteiger partial charge in [-0.05, 0) is 47.4 Å². The third kappa shape index (κ3) is 1.61. The molecule has 0 radical (unpaired) electrons. The van der Waals surface area contributed by atoms with Crippen LogP contribution in [0, 0.1) is 5.41 Å². The molecule has 1 aliphatic carbocycles. The molecule has 0 amide bonds. The Balaban J connectivity index is 2.24. The molecule has 1 N–H and O–H groups in total. The van der Waals surface area contributed by atoms with Crippen molar-refractivity contribution < 1.29 is 9.90 Å². The minimum atomic E-state index is -0.391. The first kappa shape index (κ1) is 11.0. The summed E-state index contributed by atoms with van der Waals surface area (Å²) in [4.78, 5) is 11.1. The van der Waals surface area contributed by atoms with Crippen LogP contribution in [-0.2, 0) is 11.2 Å². The average molecular weight is 238 g/mol. The zero-order valence-electron chi connectivity index (χ0n) is 10.2. The van der Waals surface area contributed by atoms with Gasteiger partial charge in [0.05, 0.1) is 0 Å². The Kier molecular flexibility index (Phi) is 2.27. The molecule has 0 saturated heterocycles. The van der Waals surface area contributed by atoms with Gasteiger partial charge in [0.1, 0.15) is 12.0 Å². The van der Waals surface area contributed by atoms with E-state index in [2.05, 4.69) is 0 Å². The maximum absolute atomic E-state index is 11.1. The molecular formula is C16H14O2. The summed E-state index contributed by atoms with van der Waals surface area (Å²) in [5.74, 6) is 0.278. The zero-order valence-corrected chi connectivity index (χ0v) is 10.2. The minimum absolute atomic E-state index is 0.278. The average Bonchev–Trinajstić information content (AvgIpc) is 2.38. The normalized spacial score (nSPS) is 21.8. The largest absolute Gasteiger partial charge is 0.508 e. The van der Waals surface area contributed by atoms with Gasteiger partial charge in [-0.1, -0.05) is 30.4 Å². The lowest BCUT2D eigenvalue weighted by atomic mass is 9.78. The van der Waals surface area contributed by atoms with E-state index in [9.17, 15) is 9.90 Å². The van der Waals surface area contributed by atoms with E-state index in [0.717, 1.165) is 29.0 Å². The topological polar surface area (TPSA) is 37.3 Å². The highest BCUT2D eigenvalue weighted by Crippen LogP contribution is 2.35. The van der Waals surface area contributed by atoms with Crippen LogP contribution in [0.3, 0.4) is 0 Å². The molecule has 2 heteroatoms. The van der Waals surface area contributed by atoms with E-state index in [-0.39, 0.29) is 5.75 Å². The van der Waals surface area contributed by atoms with Crippen molar-refractivity contribution >= 4 is 23.1 Å². The smallest absolute Gasteiger partial charge is 0.129 e. The fourth-order valence-electron chi connectivity index (χ4n) is 2.56. The van der Waals surface area contributed by atoms with Crippen LogP contribution in [0.5, 0.6) is 5.75 Å². The second-order valence-corrected chi connectivity index (χ2v) is 5.18. The van der Waals surface area contributed by atoms with Crippen molar-refractivity contribution in [2.24, 2.45) is 5.41 Å². The van der Waals surface area contributed by atoms with Crippen molar-refractivity contribution in [3.8, 4) is 5.75 Å². The summed E-state index contributed by atoms with van der Waals surface area (Å²) in [6.45, 7) is 1.94. The number of carbonyl (C=O) groups is 1. The highest BCUT2D eigenvalue weighted by molar-refractivity contribution is 5.94. The molecule has 1 atom stereocenters. The van der Waals surface area contributed by atoms with Crippen molar-refractivity contribution in [3.05, 3.63) is 47.5 Å². The van der Waals surface area contributed by atoms with Gasteiger partial charge >= 0.3 is 0 Å². The monoisotopic (exact) mass is 238 g/mol. The van der Waals surface area contributed by atoms with Crippen LogP contribution in [0.4, 0.5) is 0 Å². The Morgan fingerprint density at radius 1 is 1.28 bits per heavy atom. The van der Waals surface area contributed by atoms with E-state index in [1.54, 1.807) is 12.1 Å². The number of phenolic OH excluding ortho intramolecular Hbond substituents is 1. The fourth-order valence-corrected chi connectivity index (χ4v) is 2.56. The molecule has 2 nitrogen and oxygen atoms in total. The number of aldehydes is 1. The second kappa shape index (κ2) is 3.70. The summed E-state index contributed by atoms with van der Waals surface area (Å²) >= 11 is 0. The number of hydrogen-bond acceptors (Lipinski definition) is 2. The summed E-state index contributed by atoms with van der Waals surface area (Å²) in [6.07, 6.45) is 5.73. The van der Waals surface area contributed by atoms with E-state index >= 15 is 0 Å². The van der Waals surface area contributed by atoms with Crippen LogP contribution in [0.2, 0.25) is 0 Å². The zero-order chi connectivity index (χ0) is 12.8. The van der Waals surface area contributed by atoms with Gasteiger partial charge in [0.2, 0.25) is 0 Å². The number of aromatic hydroxyl groups is 1. The minimum Gasteiger partial charge on any atom is -0.508 e. The molecule has 18 heavy (non-hydrogen) atoms. The predicted octanol–water partition coefficient (Wildman–Crippen LogP) is 3.32. The number of fused-ring (bicyclic) bond motifs is 3. The first-order valence-electron chi connectivity index (χ1n) is 6.01. The van der Waals surface area contributed by atoms with Gasteiger partial charge in [0.25, 0.3) is 0 Å². The first-order chi connectivity index (χ1) is 8.61. The maximum atomic E-state index is 11.1. The van der Waals surface area contributed by atoms with E-state index < -0.39 is 5.41 Å². The molecule has 3 rings (SSSR count). The van der Waals surface area contributed by atoms with Crippen LogP contribution in [0.1, 0.15) is 18.1 Å². The number of benzene rings is 2. The van der Waals surface area contributed by atoms with Crippen molar-refractivity contribution in [1.29, 1.82) is 0 Å². The molecule has 1 unspecified atom stereocenters. The molecule has 0 bridgehead atoms. The van der Waals surface area contributed by atoms with Gasteiger partial charge in [0, 0.05) is 5.41 Å². The van der Waals surface area contributed by atoms with Crippen molar-refractivity contribution in [1.82, 2.24) is 0 Å². The predicted molar refractivity (Wildman–Crippen MR) is 72.5 cm³/mol. The molecule has 2 aromatic rings. The van der Waals surface area contributed by atoms with Crippen molar-refractivity contribution in [2.45, 2.75) is 13.3 Å². The lowest BCUT2D eigenvalue weighted by molar-refractivity contribution is -0.113. The van der Waals surface area contributed by atoms with Crippen LogP contribution in [0.15, 0.2) is 36.4 Å². The molecule has 0 fully saturated rings. The van der Waals surface area contributed by atoms with Gasteiger partial charge in [-0.15, -0.1) is 0 Å². The number of hydrogen-bond donors (Lipinski definition) is 1. The molecule has 0 aromatic heterocycles. The highest BCUT2D eigenvalue weighted by Gasteiger charge is 2.25. The highest BCUT2D eigenvalue weighted by atomic mass is 16.3. The number of rotatable bonds is 1. The molecule has 0 spiro atoms. The van der Waals surface area contributed by atoms with E-state index in [1.807, 2.05) is 37.3 Å².